The van der Waals surface area contributed by atoms with Gasteiger partial charge in [-0.15, -0.1) is 0 Å². The molecule has 0 aromatic heterocycles. The average molecular weight is 475 g/mol. The predicted molar refractivity (Wildman–Crippen MR) is 126 cm³/mol. The molecule has 2 fully saturated rings. The van der Waals surface area contributed by atoms with Gasteiger partial charge in [-0.3, -0.25) is 9.69 Å². The molecule has 0 bridgehead atoms. The van der Waals surface area contributed by atoms with Crippen molar-refractivity contribution in [2.24, 2.45) is 0 Å². The van der Waals surface area contributed by atoms with Crippen LogP contribution < -0.4 is 10.2 Å². The zero-order chi connectivity index (χ0) is 23.3. The van der Waals surface area contributed by atoms with E-state index in [2.05, 4.69) is 10.2 Å². The van der Waals surface area contributed by atoms with Crippen LogP contribution in [0.5, 0.6) is 0 Å². The number of benzene rings is 2. The van der Waals surface area contributed by atoms with Gasteiger partial charge in [0, 0.05) is 57.9 Å². The highest BCUT2D eigenvalue weighted by atomic mass is 32.2. The lowest BCUT2D eigenvalue weighted by atomic mass is 10.2. The normalized spacial score (nSPS) is 18.3. The Morgan fingerprint density at radius 2 is 1.55 bits per heavy atom. The molecule has 2 aliphatic rings. The summed E-state index contributed by atoms with van der Waals surface area (Å²) in [7, 11) is -3.50. The van der Waals surface area contributed by atoms with Crippen molar-refractivity contribution in [3.63, 3.8) is 0 Å². The number of piperidine rings is 1. The van der Waals surface area contributed by atoms with Crippen molar-refractivity contribution in [3.05, 3.63) is 59.9 Å². The molecule has 2 heterocycles. The molecule has 2 aromatic rings. The Kier molecular flexibility index (Phi) is 7.62. The first-order valence-electron chi connectivity index (χ1n) is 11.6. The molecule has 0 spiro atoms. The lowest BCUT2D eigenvalue weighted by molar-refractivity contribution is 0.0947. The second-order valence-electron chi connectivity index (χ2n) is 8.53. The molecule has 9 heteroatoms. The number of nitrogens with one attached hydrogen (secondary N) is 1. The maximum absolute atomic E-state index is 14.0. The molecular weight excluding hydrogens is 443 g/mol. The van der Waals surface area contributed by atoms with E-state index in [4.69, 9.17) is 0 Å². The molecule has 7 nitrogen and oxygen atoms in total. The van der Waals surface area contributed by atoms with Crippen LogP contribution in [0.2, 0.25) is 0 Å². The van der Waals surface area contributed by atoms with E-state index in [-0.39, 0.29) is 16.6 Å². The molecule has 0 unspecified atom stereocenters. The standard InChI is InChI=1S/C24H31FN4O3S/c25-22-6-2-3-7-23(22)28-18-16-27(17-19-28)15-12-26-24(30)20-8-10-21(11-9-20)33(31,32)29-13-4-1-5-14-29/h2-3,6-11H,1,4-5,12-19H2,(H,26,30). The second-order valence-corrected chi connectivity index (χ2v) is 10.5. The van der Waals surface area contributed by atoms with Crippen molar-refractivity contribution in [1.29, 1.82) is 0 Å². The molecular formula is C24H31FN4O3S. The Labute approximate surface area is 195 Å². The molecule has 4 rings (SSSR count). The Balaban J connectivity index is 1.23. The van der Waals surface area contributed by atoms with E-state index in [1.54, 1.807) is 24.3 Å². The van der Waals surface area contributed by atoms with E-state index >= 15 is 0 Å². The molecule has 0 aliphatic carbocycles. The van der Waals surface area contributed by atoms with Crippen LogP contribution >= 0.6 is 0 Å². The molecule has 2 aliphatic heterocycles. The predicted octanol–water partition coefficient (Wildman–Crippen LogP) is 2.55. The molecule has 33 heavy (non-hydrogen) atoms. The highest BCUT2D eigenvalue weighted by molar-refractivity contribution is 7.89. The summed E-state index contributed by atoms with van der Waals surface area (Å²) >= 11 is 0. The van der Waals surface area contributed by atoms with Crippen molar-refractivity contribution < 1.29 is 17.6 Å². The number of halogens is 1. The maximum atomic E-state index is 14.0. The van der Waals surface area contributed by atoms with Gasteiger partial charge in [-0.1, -0.05) is 18.6 Å². The summed E-state index contributed by atoms with van der Waals surface area (Å²) in [6.45, 7) is 5.38. The van der Waals surface area contributed by atoms with Crippen LogP contribution in [-0.4, -0.2) is 75.9 Å². The fourth-order valence-corrected chi connectivity index (χ4v) is 5.90. The van der Waals surface area contributed by atoms with Crippen molar-refractivity contribution in [2.75, 3.05) is 57.3 Å². The zero-order valence-electron chi connectivity index (χ0n) is 18.7. The van der Waals surface area contributed by atoms with Crippen LogP contribution in [0.1, 0.15) is 29.6 Å². The van der Waals surface area contributed by atoms with E-state index in [9.17, 15) is 17.6 Å². The minimum absolute atomic E-state index is 0.201. The van der Waals surface area contributed by atoms with E-state index in [0.717, 1.165) is 45.4 Å². The summed E-state index contributed by atoms with van der Waals surface area (Å²) in [6.07, 6.45) is 2.84. The summed E-state index contributed by atoms with van der Waals surface area (Å²) in [5.41, 5.74) is 1.08. The van der Waals surface area contributed by atoms with Crippen molar-refractivity contribution in [1.82, 2.24) is 14.5 Å². The van der Waals surface area contributed by atoms with Gasteiger partial charge in [0.1, 0.15) is 5.82 Å². The molecule has 178 valence electrons. The number of rotatable bonds is 7. The highest BCUT2D eigenvalue weighted by Crippen LogP contribution is 2.21. The molecule has 1 N–H and O–H groups in total. The number of hydrogen-bond donors (Lipinski definition) is 1. The van der Waals surface area contributed by atoms with Gasteiger partial charge in [-0.05, 0) is 49.2 Å². The van der Waals surface area contributed by atoms with Gasteiger partial charge in [0.25, 0.3) is 5.91 Å². The quantitative estimate of drug-likeness (QED) is 0.668. The second kappa shape index (κ2) is 10.6. The zero-order valence-corrected chi connectivity index (χ0v) is 19.6. The highest BCUT2D eigenvalue weighted by Gasteiger charge is 2.26. The van der Waals surface area contributed by atoms with Gasteiger partial charge in [-0.25, -0.2) is 12.8 Å². The van der Waals surface area contributed by atoms with Crippen LogP contribution in [0.3, 0.4) is 0 Å². The van der Waals surface area contributed by atoms with Crippen LogP contribution in [0.4, 0.5) is 10.1 Å². The van der Waals surface area contributed by atoms with Crippen molar-refractivity contribution >= 4 is 21.6 Å². The van der Waals surface area contributed by atoms with Crippen LogP contribution in [0, 0.1) is 5.82 Å². The van der Waals surface area contributed by atoms with Gasteiger partial charge in [-0.2, -0.15) is 4.31 Å². The summed E-state index contributed by atoms with van der Waals surface area (Å²) < 4.78 is 41.0. The van der Waals surface area contributed by atoms with Crippen LogP contribution in [-0.2, 0) is 10.0 Å². The third kappa shape index (κ3) is 5.72. The number of hydrogen-bond acceptors (Lipinski definition) is 5. The van der Waals surface area contributed by atoms with Crippen molar-refractivity contribution in [2.45, 2.75) is 24.2 Å². The van der Waals surface area contributed by atoms with Gasteiger partial charge in [0.05, 0.1) is 10.6 Å². The number of anilines is 1. The molecule has 0 saturated carbocycles. The maximum Gasteiger partial charge on any atom is 0.251 e. The largest absolute Gasteiger partial charge is 0.367 e. The Morgan fingerprint density at radius 1 is 0.879 bits per heavy atom. The SMILES string of the molecule is O=C(NCCN1CCN(c2ccccc2F)CC1)c1ccc(S(=O)(=O)N2CCCCC2)cc1. The number of carbonyl (C=O) groups excluding carboxylic acids is 1. The number of amides is 1. The summed E-state index contributed by atoms with van der Waals surface area (Å²) in [5.74, 6) is -0.421. The first-order valence-corrected chi connectivity index (χ1v) is 13.0. The van der Waals surface area contributed by atoms with Crippen LogP contribution in [0.15, 0.2) is 53.4 Å². The van der Waals surface area contributed by atoms with E-state index in [1.165, 1.54) is 22.5 Å². The van der Waals surface area contributed by atoms with E-state index < -0.39 is 10.0 Å². The summed E-state index contributed by atoms with van der Waals surface area (Å²) in [6, 6.07) is 13.0. The Bertz CT molecular complexity index is 1050. The number of sulfonamides is 1. The first kappa shape index (κ1) is 23.7. The molecule has 2 saturated heterocycles. The summed E-state index contributed by atoms with van der Waals surface area (Å²) in [5, 5.41) is 2.91. The minimum Gasteiger partial charge on any atom is -0.367 e. The lowest BCUT2D eigenvalue weighted by Gasteiger charge is -2.36. The third-order valence-corrected chi connectivity index (χ3v) is 8.26. The number of carbonyl (C=O) groups is 1. The minimum atomic E-state index is -3.50. The first-order chi connectivity index (χ1) is 15.9. The Hall–Kier alpha value is -2.49. The topological polar surface area (TPSA) is 73.0 Å². The van der Waals surface area contributed by atoms with Gasteiger partial charge in [0.15, 0.2) is 0 Å². The average Bonchev–Trinajstić information content (AvgIpc) is 2.85. The number of para-hydroxylation sites is 1. The summed E-state index contributed by atoms with van der Waals surface area (Å²) in [4.78, 5) is 17.0. The fraction of sp³-hybridized carbons (Fsp3) is 0.458. The third-order valence-electron chi connectivity index (χ3n) is 6.35. The van der Waals surface area contributed by atoms with Gasteiger partial charge in [0.2, 0.25) is 10.0 Å². The smallest absolute Gasteiger partial charge is 0.251 e. The monoisotopic (exact) mass is 474 g/mol. The number of piperazine rings is 1. The van der Waals surface area contributed by atoms with E-state index in [1.807, 2.05) is 11.0 Å². The molecule has 0 atom stereocenters. The lowest BCUT2D eigenvalue weighted by Crippen LogP contribution is -2.48. The van der Waals surface area contributed by atoms with Crippen molar-refractivity contribution in [3.8, 4) is 0 Å². The molecule has 0 radical (unpaired) electrons. The number of nitrogens with zero attached hydrogens (tertiary/aromatic N) is 3. The van der Waals surface area contributed by atoms with Gasteiger partial charge >= 0.3 is 0 Å². The fourth-order valence-electron chi connectivity index (χ4n) is 4.38. The molecule has 2 aromatic carbocycles. The molecule has 1 amide bonds. The van der Waals surface area contributed by atoms with E-state index in [0.29, 0.717) is 37.4 Å². The van der Waals surface area contributed by atoms with Gasteiger partial charge < -0.3 is 10.2 Å². The Morgan fingerprint density at radius 3 is 2.21 bits per heavy atom. The van der Waals surface area contributed by atoms with Crippen LogP contribution in [0.25, 0.3) is 0 Å².